The first-order valence-electron chi connectivity index (χ1n) is 7.31. The first-order valence-corrected chi connectivity index (χ1v) is 7.31. The van der Waals surface area contributed by atoms with Gasteiger partial charge in [-0.05, 0) is 38.0 Å². The number of hydrogen-bond acceptors (Lipinski definition) is 3. The van der Waals surface area contributed by atoms with Crippen LogP contribution in [0.2, 0.25) is 0 Å². The van der Waals surface area contributed by atoms with Gasteiger partial charge in [-0.2, -0.15) is 0 Å². The Bertz CT molecular complexity index is 351. The van der Waals surface area contributed by atoms with Crippen LogP contribution in [0.4, 0.5) is 0 Å². The SMILES string of the molecule is NC1(C(=O)N2CCCC(CCC(=O)O)C2)CCCC1. The van der Waals surface area contributed by atoms with Gasteiger partial charge in [0, 0.05) is 19.5 Å². The summed E-state index contributed by atoms with van der Waals surface area (Å²) in [5, 5.41) is 8.73. The first kappa shape index (κ1) is 14.3. The van der Waals surface area contributed by atoms with Crippen molar-refractivity contribution < 1.29 is 14.7 Å². The highest BCUT2D eigenvalue weighted by molar-refractivity contribution is 5.86. The van der Waals surface area contributed by atoms with E-state index in [-0.39, 0.29) is 12.3 Å². The molecule has 1 saturated carbocycles. The molecule has 0 bridgehead atoms. The second-order valence-electron chi connectivity index (χ2n) is 6.06. The molecule has 0 radical (unpaired) electrons. The molecule has 0 aromatic rings. The fourth-order valence-electron chi connectivity index (χ4n) is 3.35. The number of aliphatic carboxylic acids is 1. The molecule has 0 aromatic heterocycles. The standard InChI is InChI=1S/C14H24N2O3/c15-14(7-1-2-8-14)13(19)16-9-3-4-11(10-16)5-6-12(17)18/h11H,1-10,15H2,(H,17,18). The Morgan fingerprint density at radius 1 is 1.26 bits per heavy atom. The van der Waals surface area contributed by atoms with E-state index >= 15 is 0 Å². The lowest BCUT2D eigenvalue weighted by Crippen LogP contribution is -2.55. The quantitative estimate of drug-likeness (QED) is 0.806. The molecule has 5 heteroatoms. The second kappa shape index (κ2) is 5.90. The Hall–Kier alpha value is -1.10. The predicted octanol–water partition coefficient (Wildman–Crippen LogP) is 1.36. The number of piperidine rings is 1. The van der Waals surface area contributed by atoms with Crippen molar-refractivity contribution in [2.45, 2.75) is 56.9 Å². The first-order chi connectivity index (χ1) is 9.01. The molecule has 5 nitrogen and oxygen atoms in total. The van der Waals surface area contributed by atoms with Crippen LogP contribution in [0.25, 0.3) is 0 Å². The van der Waals surface area contributed by atoms with Crippen LogP contribution < -0.4 is 5.73 Å². The van der Waals surface area contributed by atoms with Crippen LogP contribution in [0.15, 0.2) is 0 Å². The summed E-state index contributed by atoms with van der Waals surface area (Å²) < 4.78 is 0. The summed E-state index contributed by atoms with van der Waals surface area (Å²) >= 11 is 0. The number of rotatable bonds is 4. The van der Waals surface area contributed by atoms with Crippen LogP contribution in [-0.4, -0.2) is 40.5 Å². The molecule has 1 unspecified atom stereocenters. The summed E-state index contributed by atoms with van der Waals surface area (Å²) in [6.07, 6.45) is 6.51. The van der Waals surface area contributed by atoms with Crippen LogP contribution in [-0.2, 0) is 9.59 Å². The predicted molar refractivity (Wildman–Crippen MR) is 71.6 cm³/mol. The number of carboxylic acid groups (broad SMARTS) is 1. The number of hydrogen-bond donors (Lipinski definition) is 2. The normalized spacial score (nSPS) is 26.4. The van der Waals surface area contributed by atoms with Gasteiger partial charge in [0.15, 0.2) is 0 Å². The average molecular weight is 268 g/mol. The number of carbonyl (C=O) groups excluding carboxylic acids is 1. The van der Waals surface area contributed by atoms with Gasteiger partial charge in [-0.3, -0.25) is 9.59 Å². The van der Waals surface area contributed by atoms with E-state index in [0.29, 0.717) is 18.9 Å². The fraction of sp³-hybridized carbons (Fsp3) is 0.857. The minimum atomic E-state index is -0.755. The van der Waals surface area contributed by atoms with Gasteiger partial charge in [0.2, 0.25) is 5.91 Å². The van der Waals surface area contributed by atoms with E-state index in [2.05, 4.69) is 0 Å². The van der Waals surface area contributed by atoms with Crippen molar-refractivity contribution in [1.82, 2.24) is 4.90 Å². The Balaban J connectivity index is 1.89. The minimum Gasteiger partial charge on any atom is -0.481 e. The van der Waals surface area contributed by atoms with Crippen LogP contribution in [0.5, 0.6) is 0 Å². The zero-order valence-electron chi connectivity index (χ0n) is 11.4. The summed E-state index contributed by atoms with van der Waals surface area (Å²) in [4.78, 5) is 25.0. The van der Waals surface area contributed by atoms with Crippen molar-refractivity contribution in [3.05, 3.63) is 0 Å². The van der Waals surface area contributed by atoms with Gasteiger partial charge in [0.05, 0.1) is 5.54 Å². The lowest BCUT2D eigenvalue weighted by molar-refractivity contribution is -0.139. The van der Waals surface area contributed by atoms with Gasteiger partial charge < -0.3 is 15.7 Å². The Labute approximate surface area is 114 Å². The van der Waals surface area contributed by atoms with Gasteiger partial charge in [-0.15, -0.1) is 0 Å². The third kappa shape index (κ3) is 3.47. The van der Waals surface area contributed by atoms with Crippen molar-refractivity contribution in [2.24, 2.45) is 11.7 Å². The molecular formula is C14H24N2O3. The molecule has 1 atom stereocenters. The summed E-state index contributed by atoms with van der Waals surface area (Å²) in [7, 11) is 0. The van der Waals surface area contributed by atoms with E-state index in [0.717, 1.165) is 45.1 Å². The maximum atomic E-state index is 12.5. The van der Waals surface area contributed by atoms with Crippen LogP contribution in [0.1, 0.15) is 51.4 Å². The molecule has 2 aliphatic rings. The second-order valence-corrected chi connectivity index (χ2v) is 6.06. The summed E-state index contributed by atoms with van der Waals surface area (Å²) in [5.41, 5.74) is 5.57. The lowest BCUT2D eigenvalue weighted by Gasteiger charge is -2.37. The van der Waals surface area contributed by atoms with E-state index in [1.807, 2.05) is 4.90 Å². The molecular weight excluding hydrogens is 244 g/mol. The summed E-state index contributed by atoms with van der Waals surface area (Å²) in [5.74, 6) is -0.349. The Morgan fingerprint density at radius 3 is 2.58 bits per heavy atom. The molecule has 0 aromatic carbocycles. The third-order valence-electron chi connectivity index (χ3n) is 4.49. The number of carboxylic acids is 1. The summed E-state index contributed by atoms with van der Waals surface area (Å²) in [6, 6.07) is 0. The van der Waals surface area contributed by atoms with Gasteiger partial charge in [-0.25, -0.2) is 0 Å². The monoisotopic (exact) mass is 268 g/mol. The maximum absolute atomic E-state index is 12.5. The number of nitrogens with zero attached hydrogens (tertiary/aromatic N) is 1. The average Bonchev–Trinajstić information content (AvgIpc) is 2.84. The van der Waals surface area contributed by atoms with E-state index in [4.69, 9.17) is 10.8 Å². The van der Waals surface area contributed by atoms with E-state index in [1.165, 1.54) is 0 Å². The zero-order valence-corrected chi connectivity index (χ0v) is 11.4. The van der Waals surface area contributed by atoms with Crippen LogP contribution >= 0.6 is 0 Å². The molecule has 2 rings (SSSR count). The Morgan fingerprint density at radius 2 is 1.95 bits per heavy atom. The van der Waals surface area contributed by atoms with Crippen LogP contribution in [0, 0.1) is 5.92 Å². The van der Waals surface area contributed by atoms with Crippen molar-refractivity contribution in [2.75, 3.05) is 13.1 Å². The number of carbonyl (C=O) groups is 2. The van der Waals surface area contributed by atoms with E-state index < -0.39 is 11.5 Å². The van der Waals surface area contributed by atoms with Crippen molar-refractivity contribution >= 4 is 11.9 Å². The van der Waals surface area contributed by atoms with Gasteiger partial charge in [-0.1, -0.05) is 12.8 Å². The van der Waals surface area contributed by atoms with Crippen LogP contribution in [0.3, 0.4) is 0 Å². The highest BCUT2D eigenvalue weighted by Gasteiger charge is 2.40. The highest BCUT2D eigenvalue weighted by atomic mass is 16.4. The van der Waals surface area contributed by atoms with Crippen molar-refractivity contribution in [3.8, 4) is 0 Å². The molecule has 3 N–H and O–H groups in total. The molecule has 108 valence electrons. The molecule has 19 heavy (non-hydrogen) atoms. The maximum Gasteiger partial charge on any atom is 0.303 e. The molecule has 1 saturated heterocycles. The molecule has 1 aliphatic carbocycles. The largest absolute Gasteiger partial charge is 0.481 e. The molecule has 2 fully saturated rings. The van der Waals surface area contributed by atoms with Crippen molar-refractivity contribution in [1.29, 1.82) is 0 Å². The molecule has 1 amide bonds. The Kier molecular flexibility index (Phi) is 4.45. The highest BCUT2D eigenvalue weighted by Crippen LogP contribution is 2.31. The number of nitrogens with two attached hydrogens (primary N) is 1. The number of amides is 1. The molecule has 1 aliphatic heterocycles. The zero-order chi connectivity index (χ0) is 13.9. The van der Waals surface area contributed by atoms with E-state index in [1.54, 1.807) is 0 Å². The topological polar surface area (TPSA) is 83.6 Å². The van der Waals surface area contributed by atoms with Crippen molar-refractivity contribution in [3.63, 3.8) is 0 Å². The minimum absolute atomic E-state index is 0.0880. The van der Waals surface area contributed by atoms with Gasteiger partial charge in [0.1, 0.15) is 0 Å². The van der Waals surface area contributed by atoms with Gasteiger partial charge in [0.25, 0.3) is 0 Å². The summed E-state index contributed by atoms with van der Waals surface area (Å²) in [6.45, 7) is 1.46. The third-order valence-corrected chi connectivity index (χ3v) is 4.49. The lowest BCUT2D eigenvalue weighted by atomic mass is 9.90. The van der Waals surface area contributed by atoms with E-state index in [9.17, 15) is 9.59 Å². The molecule has 0 spiro atoms. The van der Waals surface area contributed by atoms with Gasteiger partial charge >= 0.3 is 5.97 Å². The number of likely N-dealkylation sites (tertiary alicyclic amines) is 1. The molecule has 1 heterocycles. The fourth-order valence-corrected chi connectivity index (χ4v) is 3.35. The smallest absolute Gasteiger partial charge is 0.303 e.